The first-order chi connectivity index (χ1) is 12.2. The summed E-state index contributed by atoms with van der Waals surface area (Å²) < 4.78 is 0. The van der Waals surface area contributed by atoms with Gasteiger partial charge in [0.25, 0.3) is 0 Å². The van der Waals surface area contributed by atoms with E-state index >= 15 is 0 Å². The summed E-state index contributed by atoms with van der Waals surface area (Å²) in [6, 6.07) is 26.8. The van der Waals surface area contributed by atoms with Crippen LogP contribution in [0.25, 0.3) is 6.08 Å². The largest absolute Gasteiger partial charge is 0.478 e. The summed E-state index contributed by atoms with van der Waals surface area (Å²) in [6.07, 6.45) is 4.51. The van der Waals surface area contributed by atoms with Crippen molar-refractivity contribution in [2.45, 2.75) is 12.8 Å². The van der Waals surface area contributed by atoms with Gasteiger partial charge in [-0.3, -0.25) is 0 Å². The number of rotatable bonds is 6. The van der Waals surface area contributed by atoms with Gasteiger partial charge in [-0.25, -0.2) is 4.79 Å². The van der Waals surface area contributed by atoms with Gasteiger partial charge >= 0.3 is 5.97 Å². The van der Waals surface area contributed by atoms with Gasteiger partial charge in [-0.2, -0.15) is 0 Å². The predicted molar refractivity (Wildman–Crippen MR) is 102 cm³/mol. The summed E-state index contributed by atoms with van der Waals surface area (Å²) in [5.74, 6) is -0.931. The molecule has 0 fully saturated rings. The molecule has 0 aromatic heterocycles. The molecule has 25 heavy (non-hydrogen) atoms. The molecule has 0 radical (unpaired) electrons. The first-order valence-electron chi connectivity index (χ1n) is 8.31. The minimum absolute atomic E-state index is 0.783. The van der Waals surface area contributed by atoms with Crippen molar-refractivity contribution in [3.63, 3.8) is 0 Å². The van der Waals surface area contributed by atoms with Crippen molar-refractivity contribution < 1.29 is 9.90 Å². The maximum absolute atomic E-state index is 10.9. The molecule has 3 rings (SSSR count). The van der Waals surface area contributed by atoms with E-state index in [2.05, 4.69) is 42.5 Å². The van der Waals surface area contributed by atoms with Crippen molar-refractivity contribution in [2.75, 3.05) is 0 Å². The van der Waals surface area contributed by atoms with E-state index in [4.69, 9.17) is 5.11 Å². The maximum Gasteiger partial charge on any atom is 0.328 e. The van der Waals surface area contributed by atoms with E-state index in [1.54, 1.807) is 6.08 Å². The minimum atomic E-state index is -0.931. The zero-order valence-corrected chi connectivity index (χ0v) is 13.9. The lowest BCUT2D eigenvalue weighted by molar-refractivity contribution is -0.131. The SMILES string of the molecule is O=C(O)/C=C\c1cc(Cc2ccccc2)ccc1Cc1ccccc1. The third kappa shape index (κ3) is 4.92. The number of carbonyl (C=O) groups is 1. The van der Waals surface area contributed by atoms with E-state index in [-0.39, 0.29) is 0 Å². The molecule has 0 saturated heterocycles. The quantitative estimate of drug-likeness (QED) is 0.649. The van der Waals surface area contributed by atoms with Crippen molar-refractivity contribution >= 4 is 12.0 Å². The van der Waals surface area contributed by atoms with Crippen LogP contribution in [-0.2, 0) is 17.6 Å². The van der Waals surface area contributed by atoms with Crippen molar-refractivity contribution in [1.29, 1.82) is 0 Å². The lowest BCUT2D eigenvalue weighted by atomic mass is 9.95. The summed E-state index contributed by atoms with van der Waals surface area (Å²) in [4.78, 5) is 10.9. The molecule has 2 heteroatoms. The molecule has 124 valence electrons. The van der Waals surface area contributed by atoms with Crippen LogP contribution in [-0.4, -0.2) is 11.1 Å². The Labute approximate surface area is 148 Å². The van der Waals surface area contributed by atoms with Gasteiger partial charge in [0.1, 0.15) is 0 Å². The van der Waals surface area contributed by atoms with E-state index in [0.717, 1.165) is 24.0 Å². The minimum Gasteiger partial charge on any atom is -0.478 e. The van der Waals surface area contributed by atoms with Crippen molar-refractivity contribution in [2.24, 2.45) is 0 Å². The maximum atomic E-state index is 10.9. The number of hydrogen-bond donors (Lipinski definition) is 1. The summed E-state index contributed by atoms with van der Waals surface area (Å²) in [5.41, 5.74) is 5.71. The molecule has 1 N–H and O–H groups in total. The van der Waals surface area contributed by atoms with Crippen molar-refractivity contribution in [3.05, 3.63) is 113 Å². The number of carboxylic acid groups (broad SMARTS) is 1. The van der Waals surface area contributed by atoms with E-state index in [9.17, 15) is 4.79 Å². The molecule has 0 bridgehead atoms. The molecule has 0 spiro atoms. The molecule has 2 nitrogen and oxygen atoms in total. The fourth-order valence-electron chi connectivity index (χ4n) is 2.88. The highest BCUT2D eigenvalue weighted by atomic mass is 16.4. The molecule has 0 amide bonds. The fraction of sp³-hybridized carbons (Fsp3) is 0.0870. The highest BCUT2D eigenvalue weighted by Crippen LogP contribution is 2.20. The third-order valence-electron chi connectivity index (χ3n) is 4.10. The first-order valence-corrected chi connectivity index (χ1v) is 8.31. The molecular weight excluding hydrogens is 308 g/mol. The third-order valence-corrected chi connectivity index (χ3v) is 4.10. The van der Waals surface area contributed by atoms with Crippen LogP contribution >= 0.6 is 0 Å². The highest BCUT2D eigenvalue weighted by molar-refractivity contribution is 5.85. The summed E-state index contributed by atoms with van der Waals surface area (Å²) in [7, 11) is 0. The van der Waals surface area contributed by atoms with Crippen LogP contribution in [0.3, 0.4) is 0 Å². The second-order valence-corrected chi connectivity index (χ2v) is 6.03. The second kappa shape index (κ2) is 8.11. The monoisotopic (exact) mass is 328 g/mol. The Balaban J connectivity index is 1.90. The Hall–Kier alpha value is -3.13. The number of carboxylic acids is 1. The lowest BCUT2D eigenvalue weighted by Crippen LogP contribution is -1.96. The van der Waals surface area contributed by atoms with Crippen molar-refractivity contribution in [3.8, 4) is 0 Å². The predicted octanol–water partition coefficient (Wildman–Crippen LogP) is 4.97. The Morgan fingerprint density at radius 1 is 0.760 bits per heavy atom. The lowest BCUT2D eigenvalue weighted by Gasteiger charge is -2.10. The Bertz CT molecular complexity index is 865. The summed E-state index contributed by atoms with van der Waals surface area (Å²) in [5, 5.41) is 8.97. The van der Waals surface area contributed by atoms with Gasteiger partial charge in [0, 0.05) is 6.08 Å². The molecule has 0 heterocycles. The molecular formula is C23H20O2. The van der Waals surface area contributed by atoms with Gasteiger partial charge in [0.15, 0.2) is 0 Å². The summed E-state index contributed by atoms with van der Waals surface area (Å²) in [6.45, 7) is 0. The average Bonchev–Trinajstić information content (AvgIpc) is 2.63. The van der Waals surface area contributed by atoms with Gasteiger partial charge in [0.2, 0.25) is 0 Å². The number of hydrogen-bond acceptors (Lipinski definition) is 1. The molecule has 0 saturated carbocycles. The summed E-state index contributed by atoms with van der Waals surface area (Å²) >= 11 is 0. The molecule has 0 aliphatic rings. The topological polar surface area (TPSA) is 37.3 Å². The van der Waals surface area contributed by atoms with Crippen LogP contribution < -0.4 is 0 Å². The van der Waals surface area contributed by atoms with E-state index in [1.165, 1.54) is 22.8 Å². The zero-order chi connectivity index (χ0) is 17.5. The standard InChI is InChI=1S/C23H20O2/c24-23(25)14-13-22-17-20(15-18-7-3-1-4-8-18)11-12-21(22)16-19-9-5-2-6-10-19/h1-14,17H,15-16H2,(H,24,25)/b14-13-. The second-order valence-electron chi connectivity index (χ2n) is 6.03. The smallest absolute Gasteiger partial charge is 0.328 e. The zero-order valence-electron chi connectivity index (χ0n) is 13.9. The first kappa shape index (κ1) is 16.7. The van der Waals surface area contributed by atoms with E-state index in [0.29, 0.717) is 0 Å². The number of aliphatic carboxylic acids is 1. The van der Waals surface area contributed by atoms with Gasteiger partial charge in [-0.1, -0.05) is 78.9 Å². The average molecular weight is 328 g/mol. The van der Waals surface area contributed by atoms with Gasteiger partial charge < -0.3 is 5.11 Å². The van der Waals surface area contributed by atoms with Gasteiger partial charge in [0.05, 0.1) is 0 Å². The molecule has 3 aromatic rings. The van der Waals surface area contributed by atoms with E-state index in [1.807, 2.05) is 36.4 Å². The van der Waals surface area contributed by atoms with E-state index < -0.39 is 5.97 Å². The number of benzene rings is 3. The highest BCUT2D eigenvalue weighted by Gasteiger charge is 2.05. The molecule has 0 unspecified atom stereocenters. The molecule has 0 aliphatic heterocycles. The Kier molecular flexibility index (Phi) is 5.43. The van der Waals surface area contributed by atoms with Gasteiger partial charge in [-0.05, 0) is 46.7 Å². The molecule has 0 aliphatic carbocycles. The molecule has 3 aromatic carbocycles. The Morgan fingerprint density at radius 3 is 1.96 bits per heavy atom. The fourth-order valence-corrected chi connectivity index (χ4v) is 2.88. The van der Waals surface area contributed by atoms with Crippen LogP contribution in [0.5, 0.6) is 0 Å². The molecule has 0 atom stereocenters. The van der Waals surface area contributed by atoms with Crippen LogP contribution in [0.4, 0.5) is 0 Å². The normalized spacial score (nSPS) is 10.9. The van der Waals surface area contributed by atoms with Gasteiger partial charge in [-0.15, -0.1) is 0 Å². The van der Waals surface area contributed by atoms with Crippen LogP contribution in [0.15, 0.2) is 84.9 Å². The van der Waals surface area contributed by atoms with Crippen molar-refractivity contribution in [1.82, 2.24) is 0 Å². The Morgan fingerprint density at radius 2 is 1.36 bits per heavy atom. The van der Waals surface area contributed by atoms with Crippen LogP contribution in [0.2, 0.25) is 0 Å². The van der Waals surface area contributed by atoms with Crippen LogP contribution in [0, 0.1) is 0 Å². The van der Waals surface area contributed by atoms with Crippen LogP contribution in [0.1, 0.15) is 27.8 Å².